The van der Waals surface area contributed by atoms with E-state index < -0.39 is 36.6 Å². The predicted octanol–water partition coefficient (Wildman–Crippen LogP) is 5.03. The van der Waals surface area contributed by atoms with Gasteiger partial charge in [-0.05, 0) is 54.9 Å². The number of amides is 3. The highest BCUT2D eigenvalue weighted by Crippen LogP contribution is 2.40. The third-order valence-electron chi connectivity index (χ3n) is 8.48. The number of hydrogen-bond donors (Lipinski definition) is 2. The summed E-state index contributed by atoms with van der Waals surface area (Å²) in [6.45, 7) is -0.293. The van der Waals surface area contributed by atoms with Crippen LogP contribution in [0.25, 0.3) is 0 Å². The van der Waals surface area contributed by atoms with Crippen molar-refractivity contribution < 1.29 is 32.6 Å². The monoisotopic (exact) mass is 569 g/mol. The summed E-state index contributed by atoms with van der Waals surface area (Å²) in [5.41, 5.74) is 1.14. The minimum atomic E-state index is -2.84. The van der Waals surface area contributed by atoms with Gasteiger partial charge in [-0.15, -0.1) is 0 Å². The normalized spacial score (nSPS) is 20.8. The molecule has 0 spiro atoms. The molecule has 2 saturated heterocycles. The van der Waals surface area contributed by atoms with Crippen molar-refractivity contribution in [2.75, 3.05) is 31.6 Å². The molecule has 10 heteroatoms. The first-order chi connectivity index (χ1) is 19.8. The lowest BCUT2D eigenvalue weighted by molar-refractivity contribution is -0.174. The second kappa shape index (κ2) is 12.5. The van der Waals surface area contributed by atoms with E-state index in [0.29, 0.717) is 37.3 Å². The molecule has 1 atom stereocenters. The van der Waals surface area contributed by atoms with E-state index in [2.05, 4.69) is 10.6 Å². The van der Waals surface area contributed by atoms with Gasteiger partial charge in [0.15, 0.2) is 0 Å². The molecule has 3 aliphatic rings. The van der Waals surface area contributed by atoms with E-state index >= 15 is 0 Å². The van der Waals surface area contributed by atoms with Crippen molar-refractivity contribution in [1.82, 2.24) is 10.2 Å². The maximum absolute atomic E-state index is 13.5. The van der Waals surface area contributed by atoms with Crippen molar-refractivity contribution in [3.63, 3.8) is 0 Å². The molecule has 2 aliphatic heterocycles. The average Bonchev–Trinajstić information content (AvgIpc) is 2.99. The second-order valence-corrected chi connectivity index (χ2v) is 11.4. The maximum Gasteiger partial charge on any atom is 0.408 e. The predicted molar refractivity (Wildman–Crippen MR) is 148 cm³/mol. The minimum absolute atomic E-state index is 0.00918. The van der Waals surface area contributed by atoms with Gasteiger partial charge in [-0.25, -0.2) is 13.6 Å². The van der Waals surface area contributed by atoms with Gasteiger partial charge in [0.25, 0.3) is 5.92 Å². The lowest BCUT2D eigenvalue weighted by Gasteiger charge is -2.46. The zero-order valence-electron chi connectivity index (χ0n) is 23.1. The number of anilines is 1. The van der Waals surface area contributed by atoms with Crippen LogP contribution in [0.5, 0.6) is 0 Å². The van der Waals surface area contributed by atoms with E-state index in [1.54, 1.807) is 24.3 Å². The van der Waals surface area contributed by atoms with Crippen molar-refractivity contribution >= 4 is 23.6 Å². The molecule has 3 fully saturated rings. The number of halogens is 2. The molecule has 1 aliphatic carbocycles. The Morgan fingerprint density at radius 1 is 0.951 bits per heavy atom. The van der Waals surface area contributed by atoms with Gasteiger partial charge < -0.3 is 25.0 Å². The molecule has 2 N–H and O–H groups in total. The zero-order chi connectivity index (χ0) is 28.9. The van der Waals surface area contributed by atoms with Crippen molar-refractivity contribution in [3.8, 4) is 0 Å². The molecule has 2 aromatic rings. The third kappa shape index (κ3) is 6.86. The van der Waals surface area contributed by atoms with Crippen molar-refractivity contribution in [2.24, 2.45) is 5.92 Å². The maximum atomic E-state index is 13.5. The first-order valence-electron chi connectivity index (χ1n) is 14.4. The fourth-order valence-electron chi connectivity index (χ4n) is 6.15. The highest BCUT2D eigenvalue weighted by molar-refractivity contribution is 5.97. The molecule has 8 nitrogen and oxygen atoms in total. The van der Waals surface area contributed by atoms with Crippen molar-refractivity contribution in [1.29, 1.82) is 0 Å². The van der Waals surface area contributed by atoms with E-state index in [1.807, 2.05) is 30.3 Å². The number of alkyl halides is 2. The second-order valence-electron chi connectivity index (χ2n) is 11.4. The van der Waals surface area contributed by atoms with Gasteiger partial charge in [0, 0.05) is 18.9 Å². The Morgan fingerprint density at radius 3 is 2.24 bits per heavy atom. The smallest absolute Gasteiger partial charge is 0.408 e. The van der Waals surface area contributed by atoms with E-state index in [1.165, 1.54) is 4.90 Å². The Kier molecular flexibility index (Phi) is 8.87. The average molecular weight is 570 g/mol. The van der Waals surface area contributed by atoms with E-state index in [-0.39, 0.29) is 24.3 Å². The standard InChI is InChI=1S/C31H37F2N3O5/c32-31(33)20-36(21-31)28(38)30(15-17-40-18-16-30)24-11-13-25(14-12-24)34-27(37)26(23-9-5-2-6-10-23)35-29(39)41-19-22-7-3-1-4-8-22/h1,3-4,7-8,11-14,23,26H,2,5-6,9-10,15-21H2,(H,34,37)(H,35,39)/t26-/m0/s1. The molecule has 2 aromatic carbocycles. The summed E-state index contributed by atoms with van der Waals surface area (Å²) in [7, 11) is 0. The van der Waals surface area contributed by atoms with Gasteiger partial charge in [0.1, 0.15) is 12.6 Å². The number of nitrogens with zero attached hydrogens (tertiary/aromatic N) is 1. The highest BCUT2D eigenvalue weighted by Gasteiger charge is 2.53. The molecular formula is C31H37F2N3O5. The number of rotatable bonds is 8. The molecule has 220 valence electrons. The fraction of sp³-hybridized carbons (Fsp3) is 0.516. The van der Waals surface area contributed by atoms with Gasteiger partial charge >= 0.3 is 6.09 Å². The minimum Gasteiger partial charge on any atom is -0.445 e. The molecule has 1 saturated carbocycles. The number of likely N-dealkylation sites (tertiary alicyclic amines) is 1. The van der Waals surface area contributed by atoms with E-state index in [4.69, 9.17) is 9.47 Å². The van der Waals surface area contributed by atoms with Gasteiger partial charge in [-0.2, -0.15) is 0 Å². The van der Waals surface area contributed by atoms with E-state index in [0.717, 1.165) is 37.7 Å². The molecule has 0 radical (unpaired) electrons. The molecule has 0 aromatic heterocycles. The molecule has 3 amide bonds. The van der Waals surface area contributed by atoms with Gasteiger partial charge in [-0.3, -0.25) is 9.59 Å². The number of nitrogens with one attached hydrogen (secondary N) is 2. The Bertz CT molecular complexity index is 1200. The molecule has 0 bridgehead atoms. The number of hydrogen-bond acceptors (Lipinski definition) is 5. The molecule has 41 heavy (non-hydrogen) atoms. The van der Waals surface area contributed by atoms with Gasteiger partial charge in [-0.1, -0.05) is 61.7 Å². The Balaban J connectivity index is 1.26. The number of ether oxygens (including phenoxy) is 2. The van der Waals surface area contributed by atoms with Crippen LogP contribution in [-0.2, 0) is 31.1 Å². The number of carbonyl (C=O) groups excluding carboxylic acids is 3. The molecule has 5 rings (SSSR count). The Morgan fingerprint density at radius 2 is 1.61 bits per heavy atom. The van der Waals surface area contributed by atoms with E-state index in [9.17, 15) is 23.2 Å². The van der Waals surface area contributed by atoms with Gasteiger partial charge in [0.05, 0.1) is 18.5 Å². The summed E-state index contributed by atoms with van der Waals surface area (Å²) < 4.78 is 37.9. The lowest BCUT2D eigenvalue weighted by Crippen LogP contribution is -2.63. The first kappa shape index (κ1) is 29.0. The van der Waals surface area contributed by atoms with Crippen molar-refractivity contribution in [3.05, 3.63) is 65.7 Å². The van der Waals surface area contributed by atoms with Crippen LogP contribution in [0.2, 0.25) is 0 Å². The number of carbonyl (C=O) groups is 3. The first-order valence-corrected chi connectivity index (χ1v) is 14.4. The summed E-state index contributed by atoms with van der Waals surface area (Å²) >= 11 is 0. The topological polar surface area (TPSA) is 97.0 Å². The number of benzene rings is 2. The largest absolute Gasteiger partial charge is 0.445 e. The van der Waals surface area contributed by atoms with Crippen LogP contribution < -0.4 is 10.6 Å². The SMILES string of the molecule is O=C(N[C@H](C(=O)Nc1ccc(C2(C(=O)N3CC(F)(F)C3)CCOCC2)cc1)C1CCCCC1)OCc1ccccc1. The molecule has 2 heterocycles. The van der Waals surface area contributed by atoms with Crippen LogP contribution in [-0.4, -0.2) is 61.1 Å². The molecule has 0 unspecified atom stereocenters. The summed E-state index contributed by atoms with van der Waals surface area (Å²) in [6, 6.07) is 15.6. The van der Waals surface area contributed by atoms with Crippen LogP contribution in [0.1, 0.15) is 56.1 Å². The van der Waals surface area contributed by atoms with Crippen LogP contribution in [0, 0.1) is 5.92 Å². The quantitative estimate of drug-likeness (QED) is 0.465. The lowest BCUT2D eigenvalue weighted by atomic mass is 9.72. The fourth-order valence-corrected chi connectivity index (χ4v) is 6.15. The molecular weight excluding hydrogens is 532 g/mol. The van der Waals surface area contributed by atoms with Crippen molar-refractivity contribution in [2.45, 2.75) is 68.9 Å². The summed E-state index contributed by atoms with van der Waals surface area (Å²) in [6.07, 6.45) is 4.91. The van der Waals surface area contributed by atoms with Gasteiger partial charge in [0.2, 0.25) is 11.8 Å². The number of alkyl carbamates (subject to hydrolysis) is 1. The third-order valence-corrected chi connectivity index (χ3v) is 8.48. The summed E-state index contributed by atoms with van der Waals surface area (Å²) in [5.74, 6) is -3.49. The summed E-state index contributed by atoms with van der Waals surface area (Å²) in [5, 5.41) is 5.71. The van der Waals surface area contributed by atoms with Crippen LogP contribution in [0.4, 0.5) is 19.3 Å². The van der Waals surface area contributed by atoms with Crippen LogP contribution >= 0.6 is 0 Å². The zero-order valence-corrected chi connectivity index (χ0v) is 23.1. The highest BCUT2D eigenvalue weighted by atomic mass is 19.3. The Hall–Kier alpha value is -3.53. The van der Waals surface area contributed by atoms with Crippen LogP contribution in [0.15, 0.2) is 54.6 Å². The Labute approximate surface area is 238 Å². The van der Waals surface area contributed by atoms with Crippen LogP contribution in [0.3, 0.4) is 0 Å². The summed E-state index contributed by atoms with van der Waals surface area (Å²) in [4.78, 5) is 40.7.